The van der Waals surface area contributed by atoms with Crippen LogP contribution in [0, 0.1) is 12.3 Å². The Labute approximate surface area is 62.0 Å². The van der Waals surface area contributed by atoms with Crippen LogP contribution in [-0.2, 0) is 10.1 Å². The van der Waals surface area contributed by atoms with E-state index in [-0.39, 0.29) is 0 Å². The molecule has 0 atom stereocenters. The molecular weight excluding hydrogens is 185 g/mol. The largest absolute Gasteiger partial charge is 0.522 e. The molecule has 1 N–H and O–H groups in total. The number of halogens is 3. The highest BCUT2D eigenvalue weighted by molar-refractivity contribution is 7.86. The van der Waals surface area contributed by atoms with E-state index in [1.807, 2.05) is 0 Å². The first-order valence-corrected chi connectivity index (χ1v) is 3.52. The quantitative estimate of drug-likeness (QED) is 0.352. The smallest absolute Gasteiger partial charge is 0.279 e. The summed E-state index contributed by atoms with van der Waals surface area (Å²) in [6.45, 7) is 1.65. The van der Waals surface area contributed by atoms with Gasteiger partial charge in [0.15, 0.2) is 0 Å². The topological polar surface area (TPSA) is 54.4 Å². The van der Waals surface area contributed by atoms with Crippen LogP contribution in [0.25, 0.3) is 0 Å². The molecule has 0 saturated heterocycles. The maximum Gasteiger partial charge on any atom is 0.522 e. The van der Waals surface area contributed by atoms with Gasteiger partial charge in [-0.15, -0.1) is 12.3 Å². The van der Waals surface area contributed by atoms with Gasteiger partial charge in [-0.2, -0.15) is 21.6 Å². The average molecular weight is 190 g/mol. The van der Waals surface area contributed by atoms with Crippen LogP contribution in [0.4, 0.5) is 13.2 Å². The van der Waals surface area contributed by atoms with Crippen molar-refractivity contribution in [3.05, 3.63) is 0 Å². The number of hydrogen-bond donors (Lipinski definition) is 1. The van der Waals surface area contributed by atoms with Gasteiger partial charge in [0.25, 0.3) is 0 Å². The van der Waals surface area contributed by atoms with Crippen LogP contribution in [0.2, 0.25) is 0 Å². The lowest BCUT2D eigenvalue weighted by Crippen LogP contribution is -2.21. The van der Waals surface area contributed by atoms with Gasteiger partial charge in [-0.3, -0.25) is 4.55 Å². The second-order valence-electron chi connectivity index (χ2n) is 1.21. The Hall–Kier alpha value is -0.740. The Bertz CT molecular complexity index is 232. The molecule has 0 aliphatic carbocycles. The van der Waals surface area contributed by atoms with Crippen molar-refractivity contribution in [2.24, 2.45) is 0 Å². The van der Waals surface area contributed by atoms with Gasteiger partial charge < -0.3 is 0 Å². The molecule has 3 nitrogen and oxygen atoms in total. The summed E-state index contributed by atoms with van der Waals surface area (Å²) in [7, 11) is -5.84. The Morgan fingerprint density at radius 3 is 1.55 bits per heavy atom. The molecule has 7 heteroatoms. The number of hydrogen-bond acceptors (Lipinski definition) is 2. The minimum Gasteiger partial charge on any atom is -0.279 e. The van der Waals surface area contributed by atoms with Crippen molar-refractivity contribution in [2.45, 2.75) is 12.4 Å². The standard InChI is InChI=1S/C3H4.CHF3O3S/c1-3-2;2-1(3,4)8(5,6)7/h1H,2H3;(H,5,6,7). The predicted molar refractivity (Wildman–Crippen MR) is 32.1 cm³/mol. The Morgan fingerprint density at radius 2 is 1.55 bits per heavy atom. The summed E-state index contributed by atoms with van der Waals surface area (Å²) in [4.78, 5) is 0. The zero-order valence-corrected chi connectivity index (χ0v) is 6.20. The van der Waals surface area contributed by atoms with Gasteiger partial charge in [-0.05, 0) is 6.92 Å². The van der Waals surface area contributed by atoms with Gasteiger partial charge in [0, 0.05) is 0 Å². The second kappa shape index (κ2) is 4.20. The van der Waals surface area contributed by atoms with Crippen LogP contribution in [0.1, 0.15) is 6.92 Å². The van der Waals surface area contributed by atoms with E-state index >= 15 is 0 Å². The highest BCUT2D eigenvalue weighted by Crippen LogP contribution is 2.20. The third-order valence-corrected chi connectivity index (χ3v) is 0.877. The van der Waals surface area contributed by atoms with E-state index in [0.29, 0.717) is 0 Å². The highest BCUT2D eigenvalue weighted by Gasteiger charge is 2.44. The van der Waals surface area contributed by atoms with E-state index in [9.17, 15) is 13.2 Å². The zero-order chi connectivity index (χ0) is 9.71. The van der Waals surface area contributed by atoms with Crippen molar-refractivity contribution in [1.29, 1.82) is 0 Å². The molecule has 0 aliphatic heterocycles. The predicted octanol–water partition coefficient (Wildman–Crippen LogP) is 1.03. The Balaban J connectivity index is 0. The van der Waals surface area contributed by atoms with E-state index in [4.69, 9.17) is 13.0 Å². The van der Waals surface area contributed by atoms with E-state index in [2.05, 4.69) is 12.3 Å². The normalized spacial score (nSPS) is 10.9. The van der Waals surface area contributed by atoms with Crippen LogP contribution >= 0.6 is 0 Å². The van der Waals surface area contributed by atoms with Gasteiger partial charge in [-0.25, -0.2) is 0 Å². The molecule has 0 rings (SSSR count). The summed E-state index contributed by atoms with van der Waals surface area (Å²) in [6.07, 6.45) is 4.60. The van der Waals surface area contributed by atoms with Crippen LogP contribution in [-0.4, -0.2) is 18.5 Å². The Kier molecular flexibility index (Phi) is 4.93. The zero-order valence-electron chi connectivity index (χ0n) is 5.38. The second-order valence-corrected chi connectivity index (χ2v) is 2.62. The first kappa shape index (κ1) is 12.9. The van der Waals surface area contributed by atoms with Gasteiger partial charge >= 0.3 is 15.6 Å². The monoisotopic (exact) mass is 190 g/mol. The molecule has 0 spiro atoms. The number of rotatable bonds is 0. The summed E-state index contributed by atoms with van der Waals surface area (Å²) in [5, 5.41) is 0. The molecule has 0 amide bonds. The maximum absolute atomic E-state index is 10.7. The molecule has 0 aromatic carbocycles. The molecule has 0 radical (unpaired) electrons. The number of alkyl halides is 3. The lowest BCUT2D eigenvalue weighted by molar-refractivity contribution is -0.0510. The third kappa shape index (κ3) is 7.15. The Morgan fingerprint density at radius 1 is 1.45 bits per heavy atom. The van der Waals surface area contributed by atoms with Gasteiger partial charge in [0.05, 0.1) is 0 Å². The highest BCUT2D eigenvalue weighted by atomic mass is 32.2. The van der Waals surface area contributed by atoms with Gasteiger partial charge in [-0.1, -0.05) is 0 Å². The molecule has 0 saturated carbocycles. The minimum atomic E-state index is -5.84. The van der Waals surface area contributed by atoms with Crippen molar-refractivity contribution in [3.8, 4) is 12.3 Å². The fraction of sp³-hybridized carbons (Fsp3) is 0.500. The average Bonchev–Trinajstić information content (AvgIpc) is 1.60. The van der Waals surface area contributed by atoms with Crippen LogP contribution in [0.15, 0.2) is 0 Å². The molecule has 0 bridgehead atoms. The maximum atomic E-state index is 10.7. The summed E-state index contributed by atoms with van der Waals surface area (Å²) in [6, 6.07) is 0. The van der Waals surface area contributed by atoms with Crippen LogP contribution in [0.3, 0.4) is 0 Å². The summed E-state index contributed by atoms with van der Waals surface area (Å²) >= 11 is 0. The van der Waals surface area contributed by atoms with Crippen molar-refractivity contribution < 1.29 is 26.1 Å². The molecule has 0 aliphatic rings. The lowest BCUT2D eigenvalue weighted by atomic mass is 10.9. The van der Waals surface area contributed by atoms with E-state index in [1.54, 1.807) is 6.92 Å². The molecule has 0 unspecified atom stereocenters. The fourth-order valence-electron chi connectivity index (χ4n) is 0. The first-order valence-electron chi connectivity index (χ1n) is 2.08. The first-order chi connectivity index (χ1) is 4.66. The van der Waals surface area contributed by atoms with Crippen LogP contribution in [0.5, 0.6) is 0 Å². The van der Waals surface area contributed by atoms with E-state index in [1.165, 1.54) is 0 Å². The van der Waals surface area contributed by atoms with Gasteiger partial charge in [0.2, 0.25) is 0 Å². The molecule has 0 aromatic heterocycles. The van der Waals surface area contributed by atoms with Crippen molar-refractivity contribution in [3.63, 3.8) is 0 Å². The summed E-state index contributed by atoms with van der Waals surface area (Å²) in [5.74, 6) is 2.25. The van der Waals surface area contributed by atoms with Crippen molar-refractivity contribution >= 4 is 10.1 Å². The summed E-state index contributed by atoms with van der Waals surface area (Å²) in [5.41, 5.74) is -5.53. The molecule has 66 valence electrons. The van der Waals surface area contributed by atoms with E-state index < -0.39 is 15.6 Å². The molecular formula is C4H5F3O3S. The van der Waals surface area contributed by atoms with E-state index in [0.717, 1.165) is 0 Å². The molecule has 11 heavy (non-hydrogen) atoms. The van der Waals surface area contributed by atoms with Gasteiger partial charge in [0.1, 0.15) is 0 Å². The minimum absolute atomic E-state index is 1.65. The molecule has 0 heterocycles. The lowest BCUT2D eigenvalue weighted by Gasteiger charge is -1.97. The molecule has 0 aromatic rings. The number of terminal acetylenes is 1. The fourth-order valence-corrected chi connectivity index (χ4v) is 0. The van der Waals surface area contributed by atoms with Crippen molar-refractivity contribution in [2.75, 3.05) is 0 Å². The summed E-state index contributed by atoms with van der Waals surface area (Å²) < 4.78 is 57.5. The third-order valence-electron chi connectivity index (χ3n) is 0.292. The molecule has 0 fully saturated rings. The van der Waals surface area contributed by atoms with Crippen LogP contribution < -0.4 is 0 Å². The van der Waals surface area contributed by atoms with Crippen molar-refractivity contribution in [1.82, 2.24) is 0 Å². The SMILES string of the molecule is C#CC.O=S(=O)(O)C(F)(F)F.